The lowest BCUT2D eigenvalue weighted by Crippen LogP contribution is -2.49. The van der Waals surface area contributed by atoms with E-state index in [0.29, 0.717) is 5.92 Å². The maximum atomic E-state index is 11.9. The topological polar surface area (TPSA) is 55.8 Å². The Bertz CT molecular complexity index is 1030. The molecular weight excluding hydrogens is 529 g/mol. The van der Waals surface area contributed by atoms with Gasteiger partial charge < -0.3 is 14.0 Å². The second-order valence-electron chi connectivity index (χ2n) is 16.5. The Morgan fingerprint density at radius 1 is 1.02 bits per heavy atom. The van der Waals surface area contributed by atoms with Gasteiger partial charge in [-0.1, -0.05) is 79.7 Å². The quantitative estimate of drug-likeness (QED) is 0.301. The molecule has 228 valence electrons. The third-order valence-corrected chi connectivity index (χ3v) is 20.8. The van der Waals surface area contributed by atoms with Crippen molar-refractivity contribution >= 4 is 22.6 Å². The van der Waals surface area contributed by atoms with Gasteiger partial charge in [-0.2, -0.15) is 0 Å². The van der Waals surface area contributed by atoms with Crippen molar-refractivity contribution in [2.24, 2.45) is 23.2 Å². The van der Waals surface area contributed by atoms with Crippen LogP contribution in [-0.4, -0.2) is 39.9 Å². The molecule has 0 saturated heterocycles. The summed E-state index contributed by atoms with van der Waals surface area (Å²) in [5.41, 5.74) is 3.97. The minimum atomic E-state index is -1.99. The van der Waals surface area contributed by atoms with E-state index in [0.717, 1.165) is 50.5 Å². The molecule has 0 aromatic heterocycles. The Morgan fingerprint density at radius 3 is 2.15 bits per heavy atom. The van der Waals surface area contributed by atoms with Gasteiger partial charge in [0.2, 0.25) is 0 Å². The molecule has 0 aromatic rings. The molecule has 0 aliphatic heterocycles. The molecule has 3 aliphatic carbocycles. The highest BCUT2D eigenvalue weighted by atomic mass is 28.4. The van der Waals surface area contributed by atoms with Crippen LogP contribution in [0.25, 0.3) is 0 Å². The van der Waals surface area contributed by atoms with Crippen LogP contribution >= 0.6 is 0 Å². The van der Waals surface area contributed by atoms with Gasteiger partial charge in [0, 0.05) is 6.42 Å². The highest BCUT2D eigenvalue weighted by Crippen LogP contribution is 2.59. The van der Waals surface area contributed by atoms with Crippen LogP contribution in [0.15, 0.2) is 35.5 Å². The molecule has 3 saturated carbocycles. The summed E-state index contributed by atoms with van der Waals surface area (Å²) < 4.78 is 14.0. The number of carboxylic acids is 1. The lowest BCUT2D eigenvalue weighted by molar-refractivity contribution is -0.144. The molecule has 4 nitrogen and oxygen atoms in total. The summed E-state index contributed by atoms with van der Waals surface area (Å²) >= 11 is 0. The van der Waals surface area contributed by atoms with Gasteiger partial charge in [0.15, 0.2) is 16.6 Å². The summed E-state index contributed by atoms with van der Waals surface area (Å²) in [6, 6.07) is 0. The highest BCUT2D eigenvalue weighted by molar-refractivity contribution is 6.74. The molecule has 0 spiro atoms. The van der Waals surface area contributed by atoms with Crippen molar-refractivity contribution in [3.63, 3.8) is 0 Å². The molecule has 0 heterocycles. The lowest BCUT2D eigenvalue weighted by atomic mass is 9.61. The monoisotopic (exact) mass is 588 g/mol. The number of allylic oxidation sites excluding steroid dienone is 3. The minimum Gasteiger partial charge on any atom is -0.481 e. The second kappa shape index (κ2) is 11.6. The Hall–Kier alpha value is -0.956. The highest BCUT2D eigenvalue weighted by Gasteiger charge is 2.52. The molecule has 0 aromatic carbocycles. The predicted molar refractivity (Wildman–Crippen MR) is 174 cm³/mol. The molecule has 40 heavy (non-hydrogen) atoms. The molecule has 3 fully saturated rings. The first-order valence-corrected chi connectivity index (χ1v) is 21.6. The maximum absolute atomic E-state index is 11.9. The van der Waals surface area contributed by atoms with Crippen molar-refractivity contribution in [1.29, 1.82) is 0 Å². The molecule has 3 rings (SSSR count). The first-order valence-electron chi connectivity index (χ1n) is 15.8. The molecular formula is C34H60O4Si2. The van der Waals surface area contributed by atoms with E-state index < -0.39 is 22.6 Å². The molecule has 6 atom stereocenters. The fourth-order valence-corrected chi connectivity index (χ4v) is 9.71. The number of carboxylic acid groups (broad SMARTS) is 1. The third-order valence-electron chi connectivity index (χ3n) is 11.8. The van der Waals surface area contributed by atoms with Crippen molar-refractivity contribution in [3.8, 4) is 0 Å². The lowest BCUT2D eigenvalue weighted by Gasteiger charge is -2.45. The largest absolute Gasteiger partial charge is 0.481 e. The summed E-state index contributed by atoms with van der Waals surface area (Å²) in [5, 5.41) is 10.1. The minimum absolute atomic E-state index is 0.0158. The van der Waals surface area contributed by atoms with Gasteiger partial charge in [0.1, 0.15) is 0 Å². The van der Waals surface area contributed by atoms with Crippen LogP contribution in [0.5, 0.6) is 0 Å². The number of rotatable bonds is 7. The molecule has 0 unspecified atom stereocenters. The fraction of sp³-hybridized carbons (Fsp3) is 0.794. The first-order chi connectivity index (χ1) is 18.1. The van der Waals surface area contributed by atoms with Gasteiger partial charge in [-0.15, -0.1) is 0 Å². The molecule has 3 aliphatic rings. The van der Waals surface area contributed by atoms with Crippen molar-refractivity contribution < 1.29 is 18.8 Å². The van der Waals surface area contributed by atoms with Crippen molar-refractivity contribution in [1.82, 2.24) is 0 Å². The smallest absolute Gasteiger partial charge is 0.306 e. The molecule has 1 N–H and O–H groups in total. The first kappa shape index (κ1) is 33.5. The Balaban J connectivity index is 1.93. The Kier molecular flexibility index (Phi) is 9.74. The number of hydrogen-bond donors (Lipinski definition) is 1. The van der Waals surface area contributed by atoms with E-state index in [4.69, 9.17) is 8.85 Å². The fourth-order valence-electron chi connectivity index (χ4n) is 7.04. The molecule has 0 amide bonds. The van der Waals surface area contributed by atoms with Crippen molar-refractivity contribution in [3.05, 3.63) is 35.5 Å². The number of aliphatic carboxylic acids is 1. The van der Waals surface area contributed by atoms with Gasteiger partial charge in [-0.05, 0) is 103 Å². The number of carbonyl (C=O) groups is 1. The zero-order valence-electron chi connectivity index (χ0n) is 27.9. The van der Waals surface area contributed by atoms with Gasteiger partial charge in [0.05, 0.1) is 18.1 Å². The maximum Gasteiger partial charge on any atom is 0.306 e. The Morgan fingerprint density at radius 2 is 1.60 bits per heavy atom. The van der Waals surface area contributed by atoms with Crippen LogP contribution < -0.4 is 0 Å². The van der Waals surface area contributed by atoms with Crippen LogP contribution in [-0.2, 0) is 13.6 Å². The van der Waals surface area contributed by atoms with Gasteiger partial charge >= 0.3 is 5.97 Å². The summed E-state index contributed by atoms with van der Waals surface area (Å²) in [5.74, 6) is -0.211. The van der Waals surface area contributed by atoms with Crippen LogP contribution in [0.2, 0.25) is 36.3 Å². The van der Waals surface area contributed by atoms with Crippen LogP contribution in [0.4, 0.5) is 0 Å². The van der Waals surface area contributed by atoms with E-state index in [2.05, 4.69) is 93.4 Å². The normalized spacial score (nSPS) is 33.4. The third kappa shape index (κ3) is 6.81. The summed E-state index contributed by atoms with van der Waals surface area (Å²) in [6.45, 7) is 32.1. The van der Waals surface area contributed by atoms with E-state index in [9.17, 15) is 9.90 Å². The predicted octanol–water partition coefficient (Wildman–Crippen LogP) is 9.91. The van der Waals surface area contributed by atoms with Crippen LogP contribution in [0.1, 0.15) is 100 Å². The molecule has 0 radical (unpaired) electrons. The molecule has 6 heteroatoms. The summed E-state index contributed by atoms with van der Waals surface area (Å²) in [7, 11) is -3.94. The number of fused-ring (bicyclic) bond motifs is 1. The molecule has 0 bridgehead atoms. The van der Waals surface area contributed by atoms with E-state index >= 15 is 0 Å². The second-order valence-corrected chi connectivity index (χ2v) is 26.0. The van der Waals surface area contributed by atoms with E-state index in [1.807, 2.05) is 6.92 Å². The van der Waals surface area contributed by atoms with Crippen molar-refractivity contribution in [2.75, 3.05) is 0 Å². The van der Waals surface area contributed by atoms with E-state index in [1.54, 1.807) is 0 Å². The van der Waals surface area contributed by atoms with Gasteiger partial charge in [0.25, 0.3) is 0 Å². The van der Waals surface area contributed by atoms with Crippen LogP contribution in [0, 0.1) is 23.2 Å². The SMILES string of the molecule is C=C1C(=CC=C2CCC[C@]3(C)[C@@H]([C@H](C)C(=O)O)CC[C@@H]23)C[C@@H](O[Si](C)(C)C(C)(C)C)C[C@H]1O[Si](C)(C)C(C)(C)C. The van der Waals surface area contributed by atoms with E-state index in [-0.39, 0.29) is 39.5 Å². The zero-order valence-corrected chi connectivity index (χ0v) is 29.9. The average molecular weight is 589 g/mol. The summed E-state index contributed by atoms with van der Waals surface area (Å²) in [6.07, 6.45) is 12.1. The Labute approximate surface area is 248 Å². The van der Waals surface area contributed by atoms with E-state index in [1.165, 1.54) is 11.1 Å². The average Bonchev–Trinajstić information content (AvgIpc) is 3.15. The van der Waals surface area contributed by atoms with Gasteiger partial charge in [-0.3, -0.25) is 4.79 Å². The van der Waals surface area contributed by atoms with Crippen molar-refractivity contribution in [2.45, 2.75) is 149 Å². The standard InChI is InChI=1S/C34H60O4Si2/c1-23-26(17-16-25-15-14-20-34(9)28(18-19-29(25)34)24(2)31(35)36)21-27(37-39(10,11)32(3,4)5)22-30(23)38-40(12,13)33(6,7)8/h16-17,24,27-30H,1,14-15,18-22H2,2-13H3,(H,35,36)/t24-,27+,28+,29-,30+,34+/m0/s1. The summed E-state index contributed by atoms with van der Waals surface area (Å²) in [4.78, 5) is 11.9. The van der Waals surface area contributed by atoms with Gasteiger partial charge in [-0.25, -0.2) is 0 Å². The zero-order chi connectivity index (χ0) is 30.5. The van der Waals surface area contributed by atoms with Crippen LogP contribution in [0.3, 0.4) is 0 Å². The number of hydrogen-bond acceptors (Lipinski definition) is 3.